The minimum Gasteiger partial charge on any atom is -0.198 e. The zero-order chi connectivity index (χ0) is 15.1. The molecule has 2 aromatic rings. The fourth-order valence-corrected chi connectivity index (χ4v) is 2.67. The Morgan fingerprint density at radius 1 is 1.29 bits per heavy atom. The minimum atomic E-state index is -0.169. The standard InChI is InChI=1S/C14H14N6S/c1-11-4-6-13(7-5-11)20-14(17-18-19-20)21-10-12(9-16)3-2-8-15/h4-7,12H,2-3,10H2,1H3/t12-/m1/s1. The van der Waals surface area contributed by atoms with Crippen molar-refractivity contribution in [3.05, 3.63) is 29.8 Å². The van der Waals surface area contributed by atoms with Crippen molar-refractivity contribution in [2.24, 2.45) is 5.92 Å². The number of aryl methyl sites for hydroxylation is 1. The summed E-state index contributed by atoms with van der Waals surface area (Å²) in [6.45, 7) is 2.02. The normalized spacial score (nSPS) is 11.6. The molecule has 0 aliphatic carbocycles. The second-order valence-corrected chi connectivity index (χ2v) is 5.53. The van der Waals surface area contributed by atoms with Gasteiger partial charge in [0.25, 0.3) is 0 Å². The molecule has 106 valence electrons. The number of nitrogens with zero attached hydrogens (tertiary/aromatic N) is 6. The zero-order valence-electron chi connectivity index (χ0n) is 11.6. The van der Waals surface area contributed by atoms with Crippen LogP contribution in [-0.2, 0) is 0 Å². The quantitative estimate of drug-likeness (QED) is 0.761. The fourth-order valence-electron chi connectivity index (χ4n) is 1.72. The Morgan fingerprint density at radius 2 is 2.05 bits per heavy atom. The van der Waals surface area contributed by atoms with Gasteiger partial charge in [0.15, 0.2) is 0 Å². The number of rotatable bonds is 6. The van der Waals surface area contributed by atoms with Crippen molar-refractivity contribution in [2.75, 3.05) is 5.75 Å². The predicted molar refractivity (Wildman–Crippen MR) is 78.6 cm³/mol. The van der Waals surface area contributed by atoms with Crippen LogP contribution in [0.15, 0.2) is 29.4 Å². The van der Waals surface area contributed by atoms with Crippen LogP contribution in [0.5, 0.6) is 0 Å². The summed E-state index contributed by atoms with van der Waals surface area (Å²) in [6.07, 6.45) is 0.966. The second kappa shape index (κ2) is 7.41. The van der Waals surface area contributed by atoms with Crippen LogP contribution in [0.25, 0.3) is 5.69 Å². The van der Waals surface area contributed by atoms with Gasteiger partial charge in [-0.05, 0) is 35.9 Å². The number of hydrogen-bond acceptors (Lipinski definition) is 6. The third-order valence-electron chi connectivity index (χ3n) is 2.92. The van der Waals surface area contributed by atoms with E-state index in [1.54, 1.807) is 4.68 Å². The molecule has 0 aliphatic rings. The summed E-state index contributed by atoms with van der Waals surface area (Å²) in [5.74, 6) is 0.405. The van der Waals surface area contributed by atoms with E-state index in [9.17, 15) is 0 Å². The van der Waals surface area contributed by atoms with Gasteiger partial charge in [-0.25, -0.2) is 0 Å². The molecule has 1 heterocycles. The van der Waals surface area contributed by atoms with Crippen LogP contribution in [0, 0.1) is 35.5 Å². The van der Waals surface area contributed by atoms with Gasteiger partial charge >= 0.3 is 0 Å². The molecular weight excluding hydrogens is 284 g/mol. The van der Waals surface area contributed by atoms with E-state index in [1.165, 1.54) is 17.3 Å². The highest BCUT2D eigenvalue weighted by molar-refractivity contribution is 7.99. The van der Waals surface area contributed by atoms with Gasteiger partial charge in [0.05, 0.1) is 23.7 Å². The summed E-state index contributed by atoms with van der Waals surface area (Å²) in [7, 11) is 0. The molecule has 0 bridgehead atoms. The number of benzene rings is 1. The molecule has 0 saturated heterocycles. The molecule has 0 saturated carbocycles. The van der Waals surface area contributed by atoms with Crippen LogP contribution in [0.4, 0.5) is 0 Å². The van der Waals surface area contributed by atoms with Crippen LogP contribution >= 0.6 is 11.8 Å². The third kappa shape index (κ3) is 4.04. The van der Waals surface area contributed by atoms with Gasteiger partial charge in [0.1, 0.15) is 0 Å². The van der Waals surface area contributed by atoms with E-state index in [0.717, 1.165) is 5.69 Å². The Labute approximate surface area is 127 Å². The summed E-state index contributed by atoms with van der Waals surface area (Å²) < 4.78 is 1.66. The molecule has 0 spiro atoms. The van der Waals surface area contributed by atoms with E-state index in [1.807, 2.05) is 31.2 Å². The average Bonchev–Trinajstić information content (AvgIpc) is 2.97. The highest BCUT2D eigenvalue weighted by Crippen LogP contribution is 2.22. The first-order valence-electron chi connectivity index (χ1n) is 6.49. The molecule has 7 heteroatoms. The Bertz CT molecular complexity index is 664. The lowest BCUT2D eigenvalue weighted by Crippen LogP contribution is -2.03. The number of aromatic nitrogens is 4. The average molecular weight is 298 g/mol. The summed E-state index contributed by atoms with van der Waals surface area (Å²) >= 11 is 1.43. The molecule has 2 rings (SSSR count). The van der Waals surface area contributed by atoms with Gasteiger partial charge in [0.2, 0.25) is 5.16 Å². The summed E-state index contributed by atoms with van der Waals surface area (Å²) in [5, 5.41) is 30.0. The molecule has 1 aromatic carbocycles. The van der Waals surface area contributed by atoms with Gasteiger partial charge in [-0.2, -0.15) is 15.2 Å². The largest absolute Gasteiger partial charge is 0.214 e. The molecule has 21 heavy (non-hydrogen) atoms. The maximum absolute atomic E-state index is 9.07. The van der Waals surface area contributed by atoms with Gasteiger partial charge in [-0.1, -0.05) is 29.5 Å². The lowest BCUT2D eigenvalue weighted by atomic mass is 10.1. The van der Waals surface area contributed by atoms with E-state index >= 15 is 0 Å². The molecule has 0 radical (unpaired) electrons. The van der Waals surface area contributed by atoms with Crippen molar-refractivity contribution >= 4 is 11.8 Å². The number of nitriles is 2. The lowest BCUT2D eigenvalue weighted by Gasteiger charge is -2.07. The number of hydrogen-bond donors (Lipinski definition) is 0. The molecule has 0 N–H and O–H groups in total. The van der Waals surface area contributed by atoms with E-state index in [2.05, 4.69) is 27.7 Å². The van der Waals surface area contributed by atoms with Crippen LogP contribution in [0.1, 0.15) is 18.4 Å². The lowest BCUT2D eigenvalue weighted by molar-refractivity contribution is 0.682. The van der Waals surface area contributed by atoms with Crippen LogP contribution in [0.3, 0.4) is 0 Å². The smallest absolute Gasteiger partial charge is 0.198 e. The summed E-state index contributed by atoms with van der Waals surface area (Å²) in [4.78, 5) is 0. The predicted octanol–water partition coefficient (Wildman–Crippen LogP) is 2.51. The number of tetrazole rings is 1. The fraction of sp³-hybridized carbons (Fsp3) is 0.357. The van der Waals surface area contributed by atoms with E-state index < -0.39 is 0 Å². The molecule has 0 aliphatic heterocycles. The Balaban J connectivity index is 2.06. The van der Waals surface area contributed by atoms with Gasteiger partial charge < -0.3 is 0 Å². The van der Waals surface area contributed by atoms with Crippen molar-refractivity contribution in [3.63, 3.8) is 0 Å². The Kier molecular flexibility index (Phi) is 5.30. The van der Waals surface area contributed by atoms with Crippen molar-refractivity contribution in [2.45, 2.75) is 24.9 Å². The monoisotopic (exact) mass is 298 g/mol. The molecule has 1 atom stereocenters. The Hall–Kier alpha value is -2.38. The van der Waals surface area contributed by atoms with Crippen molar-refractivity contribution in [1.82, 2.24) is 20.2 Å². The maximum atomic E-state index is 9.07. The first-order valence-corrected chi connectivity index (χ1v) is 7.48. The summed E-state index contributed by atoms with van der Waals surface area (Å²) in [6, 6.07) is 12.2. The second-order valence-electron chi connectivity index (χ2n) is 4.54. The molecule has 0 unspecified atom stereocenters. The number of thioether (sulfide) groups is 1. The van der Waals surface area contributed by atoms with Gasteiger partial charge in [0, 0.05) is 12.2 Å². The van der Waals surface area contributed by atoms with Crippen LogP contribution < -0.4 is 0 Å². The highest BCUT2D eigenvalue weighted by atomic mass is 32.2. The van der Waals surface area contributed by atoms with Crippen LogP contribution in [-0.4, -0.2) is 26.0 Å². The van der Waals surface area contributed by atoms with E-state index in [0.29, 0.717) is 23.8 Å². The van der Waals surface area contributed by atoms with Gasteiger partial charge in [-0.3, -0.25) is 0 Å². The highest BCUT2D eigenvalue weighted by Gasteiger charge is 2.13. The molecule has 0 fully saturated rings. The molecular formula is C14H14N6S. The topological polar surface area (TPSA) is 91.2 Å². The summed E-state index contributed by atoms with van der Waals surface area (Å²) in [5.41, 5.74) is 2.06. The molecule has 0 amide bonds. The molecule has 1 aromatic heterocycles. The first-order chi connectivity index (χ1) is 10.2. The van der Waals surface area contributed by atoms with Crippen LogP contribution in [0.2, 0.25) is 0 Å². The Morgan fingerprint density at radius 3 is 2.71 bits per heavy atom. The maximum Gasteiger partial charge on any atom is 0.214 e. The zero-order valence-corrected chi connectivity index (χ0v) is 12.4. The van der Waals surface area contributed by atoms with E-state index in [-0.39, 0.29) is 5.92 Å². The van der Waals surface area contributed by atoms with Crippen molar-refractivity contribution in [3.8, 4) is 17.8 Å². The van der Waals surface area contributed by atoms with Gasteiger partial charge in [-0.15, -0.1) is 5.10 Å². The van der Waals surface area contributed by atoms with Crippen molar-refractivity contribution < 1.29 is 0 Å². The minimum absolute atomic E-state index is 0.169. The SMILES string of the molecule is Cc1ccc(-n2nnnc2SC[C@@H](C#N)CCC#N)cc1. The third-order valence-corrected chi connectivity index (χ3v) is 4.00. The van der Waals surface area contributed by atoms with Crippen molar-refractivity contribution in [1.29, 1.82) is 10.5 Å². The molecule has 6 nitrogen and oxygen atoms in total. The van der Waals surface area contributed by atoms with E-state index in [4.69, 9.17) is 10.5 Å². The first kappa shape index (κ1) is 15.0.